The number of phenols is 1. The van der Waals surface area contributed by atoms with E-state index in [-0.39, 0.29) is 35.0 Å². The largest absolute Gasteiger partial charge is 0.506 e. The number of rotatable bonds is 4. The molecule has 0 spiro atoms. The third-order valence-electron chi connectivity index (χ3n) is 6.70. The van der Waals surface area contributed by atoms with Crippen LogP contribution in [0.4, 0.5) is 5.13 Å². The van der Waals surface area contributed by atoms with Gasteiger partial charge in [0.1, 0.15) is 17.3 Å². The highest BCUT2D eigenvalue weighted by atomic mass is 32.1. The number of hydrogen-bond acceptors (Lipinski definition) is 7. The number of aromatic hydroxyl groups is 1. The van der Waals surface area contributed by atoms with Crippen LogP contribution in [0.1, 0.15) is 36.0 Å². The van der Waals surface area contributed by atoms with Gasteiger partial charge in [-0.15, -0.1) is 10.2 Å². The van der Waals surface area contributed by atoms with Gasteiger partial charge in [-0.05, 0) is 37.1 Å². The van der Waals surface area contributed by atoms with Crippen LogP contribution in [0.25, 0.3) is 10.8 Å². The van der Waals surface area contributed by atoms with Gasteiger partial charge in [-0.1, -0.05) is 41.7 Å². The van der Waals surface area contributed by atoms with Crippen LogP contribution in [0.5, 0.6) is 5.75 Å². The van der Waals surface area contributed by atoms with Crippen LogP contribution in [0.15, 0.2) is 41.9 Å². The monoisotopic (exact) mass is 479 g/mol. The highest BCUT2D eigenvalue weighted by Gasteiger charge is 2.39. The fraction of sp³-hybridized carbons (Fsp3) is 0.375. The van der Waals surface area contributed by atoms with Crippen LogP contribution in [0.2, 0.25) is 0 Å². The van der Waals surface area contributed by atoms with Gasteiger partial charge >= 0.3 is 0 Å². The number of likely N-dealkylation sites (tertiary alicyclic amines) is 2. The van der Waals surface area contributed by atoms with E-state index in [0.717, 1.165) is 11.8 Å². The van der Waals surface area contributed by atoms with Crippen LogP contribution in [-0.2, 0) is 9.59 Å². The number of amides is 3. The fourth-order valence-corrected chi connectivity index (χ4v) is 5.30. The smallest absolute Gasteiger partial charge is 0.258 e. The summed E-state index contributed by atoms with van der Waals surface area (Å²) in [6.45, 7) is 1.40. The molecule has 0 saturated carbocycles. The molecule has 1 aromatic heterocycles. The Labute approximate surface area is 200 Å². The van der Waals surface area contributed by atoms with E-state index in [2.05, 4.69) is 15.5 Å². The molecule has 176 valence electrons. The molecule has 1 unspecified atom stereocenters. The second kappa shape index (κ2) is 9.38. The SMILES string of the molecule is O=C(Nc1nncs1)C1CCN(C(=O)C2CCCN2C(=O)c2ccc3ccccc3c2O)CC1. The molecule has 9 nitrogen and oxygen atoms in total. The van der Waals surface area contributed by atoms with E-state index in [4.69, 9.17) is 0 Å². The van der Waals surface area contributed by atoms with E-state index in [9.17, 15) is 19.5 Å². The Hall–Kier alpha value is -3.53. The molecule has 0 aliphatic carbocycles. The number of nitrogens with one attached hydrogen (secondary N) is 1. The summed E-state index contributed by atoms with van der Waals surface area (Å²) in [6.07, 6.45) is 2.44. The minimum absolute atomic E-state index is 0.0524. The molecule has 2 aliphatic heterocycles. The lowest BCUT2D eigenvalue weighted by molar-refractivity contribution is -0.138. The average molecular weight is 480 g/mol. The molecular weight excluding hydrogens is 454 g/mol. The molecule has 3 heterocycles. The molecule has 0 bridgehead atoms. The van der Waals surface area contributed by atoms with Crippen molar-refractivity contribution < 1.29 is 19.5 Å². The van der Waals surface area contributed by atoms with Crippen LogP contribution >= 0.6 is 11.3 Å². The second-order valence-electron chi connectivity index (χ2n) is 8.67. The summed E-state index contributed by atoms with van der Waals surface area (Å²) in [5, 5.41) is 23.0. The zero-order valence-corrected chi connectivity index (χ0v) is 19.3. The minimum Gasteiger partial charge on any atom is -0.506 e. The van der Waals surface area contributed by atoms with Gasteiger partial charge in [0.05, 0.1) is 5.56 Å². The number of fused-ring (bicyclic) bond motifs is 1. The van der Waals surface area contributed by atoms with Gasteiger partial charge in [-0.2, -0.15) is 0 Å². The van der Waals surface area contributed by atoms with E-state index in [0.29, 0.717) is 49.4 Å². The van der Waals surface area contributed by atoms with Crippen molar-refractivity contribution in [1.82, 2.24) is 20.0 Å². The third kappa shape index (κ3) is 4.21. The molecule has 10 heteroatoms. The van der Waals surface area contributed by atoms with Gasteiger partial charge in [0, 0.05) is 30.9 Å². The summed E-state index contributed by atoms with van der Waals surface area (Å²) < 4.78 is 0. The quantitative estimate of drug-likeness (QED) is 0.595. The second-order valence-corrected chi connectivity index (χ2v) is 9.51. The molecule has 2 fully saturated rings. The molecular formula is C24H25N5O4S. The van der Waals surface area contributed by atoms with E-state index in [1.54, 1.807) is 27.4 Å². The molecule has 2 aromatic carbocycles. The van der Waals surface area contributed by atoms with Crippen LogP contribution in [-0.4, -0.2) is 68.5 Å². The summed E-state index contributed by atoms with van der Waals surface area (Å²) in [5.41, 5.74) is 1.77. The fourth-order valence-electron chi connectivity index (χ4n) is 4.86. The lowest BCUT2D eigenvalue weighted by Crippen LogP contribution is -2.50. The van der Waals surface area contributed by atoms with Crippen molar-refractivity contribution in [3.05, 3.63) is 47.5 Å². The Bertz CT molecular complexity index is 1220. The molecule has 3 amide bonds. The van der Waals surface area contributed by atoms with E-state index in [1.165, 1.54) is 11.3 Å². The summed E-state index contributed by atoms with van der Waals surface area (Å²) in [7, 11) is 0. The standard InChI is InChI=1S/C24H25N5O4S/c30-20-17-5-2-1-4-15(17)7-8-18(20)22(32)29-11-3-6-19(29)23(33)28-12-9-16(10-13-28)21(31)26-24-27-25-14-34-24/h1-2,4-5,7-8,14,16,19,30H,3,6,9-13H2,(H,26,27,31). The van der Waals surface area contributed by atoms with Gasteiger partial charge in [0.25, 0.3) is 5.91 Å². The molecule has 0 radical (unpaired) electrons. The summed E-state index contributed by atoms with van der Waals surface area (Å²) in [4.78, 5) is 42.5. The Morgan fingerprint density at radius 2 is 1.82 bits per heavy atom. The summed E-state index contributed by atoms with van der Waals surface area (Å²) in [6, 6.07) is 10.2. The highest BCUT2D eigenvalue weighted by Crippen LogP contribution is 2.32. The Kier molecular flexibility index (Phi) is 6.14. The first-order valence-electron chi connectivity index (χ1n) is 11.4. The number of anilines is 1. The predicted octanol–water partition coefficient (Wildman–Crippen LogP) is 2.88. The number of phenolic OH excluding ortho intramolecular Hbond substituents is 1. The van der Waals surface area contributed by atoms with Gasteiger partial charge < -0.3 is 20.2 Å². The maximum Gasteiger partial charge on any atom is 0.258 e. The van der Waals surface area contributed by atoms with Crippen molar-refractivity contribution in [3.8, 4) is 5.75 Å². The number of carbonyl (C=O) groups is 3. The van der Waals surface area contributed by atoms with Crippen molar-refractivity contribution in [3.63, 3.8) is 0 Å². The van der Waals surface area contributed by atoms with Gasteiger partial charge in [0.2, 0.25) is 16.9 Å². The highest BCUT2D eigenvalue weighted by molar-refractivity contribution is 7.13. The third-order valence-corrected chi connectivity index (χ3v) is 7.30. The lowest BCUT2D eigenvalue weighted by atomic mass is 9.95. The van der Waals surface area contributed by atoms with Gasteiger partial charge in [-0.25, -0.2) is 0 Å². The van der Waals surface area contributed by atoms with Gasteiger partial charge in [-0.3, -0.25) is 14.4 Å². The zero-order chi connectivity index (χ0) is 23.7. The Morgan fingerprint density at radius 3 is 2.59 bits per heavy atom. The molecule has 2 saturated heterocycles. The first kappa shape index (κ1) is 22.3. The minimum atomic E-state index is -0.551. The Morgan fingerprint density at radius 1 is 1.03 bits per heavy atom. The van der Waals surface area contributed by atoms with E-state index < -0.39 is 6.04 Å². The van der Waals surface area contributed by atoms with Crippen molar-refractivity contribution in [2.45, 2.75) is 31.7 Å². The first-order chi connectivity index (χ1) is 16.5. The molecule has 3 aromatic rings. The average Bonchev–Trinajstić information content (AvgIpc) is 3.56. The van der Waals surface area contributed by atoms with E-state index >= 15 is 0 Å². The number of piperidine rings is 1. The van der Waals surface area contributed by atoms with Gasteiger partial charge in [0.15, 0.2) is 0 Å². The lowest BCUT2D eigenvalue weighted by Gasteiger charge is -2.35. The number of benzene rings is 2. The number of carbonyl (C=O) groups excluding carboxylic acids is 3. The van der Waals surface area contributed by atoms with Crippen molar-refractivity contribution in [2.24, 2.45) is 5.92 Å². The molecule has 5 rings (SSSR count). The van der Waals surface area contributed by atoms with Crippen LogP contribution in [0.3, 0.4) is 0 Å². The van der Waals surface area contributed by atoms with Crippen LogP contribution < -0.4 is 5.32 Å². The maximum absolute atomic E-state index is 13.3. The Balaban J connectivity index is 1.24. The predicted molar refractivity (Wildman–Crippen MR) is 128 cm³/mol. The number of aromatic nitrogens is 2. The molecule has 34 heavy (non-hydrogen) atoms. The van der Waals surface area contributed by atoms with Crippen molar-refractivity contribution in [2.75, 3.05) is 25.0 Å². The summed E-state index contributed by atoms with van der Waals surface area (Å²) >= 11 is 1.27. The van der Waals surface area contributed by atoms with E-state index in [1.807, 2.05) is 24.3 Å². The maximum atomic E-state index is 13.3. The molecule has 2 N–H and O–H groups in total. The first-order valence-corrected chi connectivity index (χ1v) is 12.3. The number of hydrogen-bond donors (Lipinski definition) is 2. The molecule has 2 aliphatic rings. The summed E-state index contributed by atoms with van der Waals surface area (Å²) in [5.74, 6) is -0.764. The topological polar surface area (TPSA) is 116 Å². The molecule has 1 atom stereocenters. The van der Waals surface area contributed by atoms with Crippen LogP contribution in [0, 0.1) is 5.92 Å². The van der Waals surface area contributed by atoms with Crippen molar-refractivity contribution in [1.29, 1.82) is 0 Å². The number of nitrogens with zero attached hydrogens (tertiary/aromatic N) is 4. The van der Waals surface area contributed by atoms with Crippen molar-refractivity contribution >= 4 is 45.0 Å². The normalized spacial score (nSPS) is 18.9. The zero-order valence-electron chi connectivity index (χ0n) is 18.5.